The van der Waals surface area contributed by atoms with Gasteiger partial charge in [-0.3, -0.25) is 14.6 Å². The highest BCUT2D eigenvalue weighted by Gasteiger charge is 2.41. The Kier molecular flexibility index (Phi) is 8.35. The molecule has 1 aromatic heterocycles. The highest BCUT2D eigenvalue weighted by atomic mass is 32.2. The van der Waals surface area contributed by atoms with Gasteiger partial charge >= 0.3 is 6.18 Å². The smallest absolute Gasteiger partial charge is 0.302 e. The average Bonchev–Trinajstić information content (AvgIpc) is 3.32. The Labute approximate surface area is 238 Å². The van der Waals surface area contributed by atoms with Gasteiger partial charge in [0.1, 0.15) is 0 Å². The number of aromatic nitrogens is 1. The van der Waals surface area contributed by atoms with Crippen molar-refractivity contribution < 1.29 is 26.4 Å². The Morgan fingerprint density at radius 2 is 1.82 bits per heavy atom. The minimum Gasteiger partial charge on any atom is -0.302 e. The van der Waals surface area contributed by atoms with Gasteiger partial charge in [0.2, 0.25) is 5.91 Å². The van der Waals surface area contributed by atoms with Crippen molar-refractivity contribution in [2.24, 2.45) is 17.8 Å². The average molecular weight is 599 g/mol. The summed E-state index contributed by atoms with van der Waals surface area (Å²) in [5.41, 5.74) is 1.67. The van der Waals surface area contributed by atoms with Gasteiger partial charge < -0.3 is 5.32 Å². The molecule has 1 unspecified atom stereocenters. The van der Waals surface area contributed by atoms with E-state index in [4.69, 9.17) is 4.98 Å². The number of fused-ring (bicyclic) bond motifs is 1. The van der Waals surface area contributed by atoms with Crippen LogP contribution in [-0.2, 0) is 27.6 Å². The highest BCUT2D eigenvalue weighted by Crippen LogP contribution is 2.43. The van der Waals surface area contributed by atoms with E-state index in [9.17, 15) is 26.4 Å². The number of halogens is 3. The van der Waals surface area contributed by atoms with Crippen LogP contribution >= 0.6 is 11.3 Å². The van der Waals surface area contributed by atoms with Gasteiger partial charge in [0.05, 0.1) is 34.8 Å². The first-order chi connectivity index (χ1) is 18.8. The molecule has 0 spiro atoms. The van der Waals surface area contributed by atoms with Gasteiger partial charge in [-0.2, -0.15) is 13.2 Å². The second-order valence-electron chi connectivity index (χ2n) is 11.9. The SMILES string of the molecule is CC(C)[C@H]1c2nc(NC(=O)Cc3ccc(S(=O)(=O)C(C)C4CCC4)cc3)sc2CN1CC1CN(CC(F)(F)F)C1. The topological polar surface area (TPSA) is 82.6 Å². The number of anilines is 1. The number of carbonyl (C=O) groups is 1. The first-order valence-corrected chi connectivity index (χ1v) is 16.3. The van der Waals surface area contributed by atoms with Crippen molar-refractivity contribution in [3.05, 3.63) is 40.4 Å². The van der Waals surface area contributed by atoms with Gasteiger partial charge in [0, 0.05) is 31.1 Å². The third-order valence-corrected chi connectivity index (χ3v) is 11.7. The molecule has 0 bridgehead atoms. The highest BCUT2D eigenvalue weighted by molar-refractivity contribution is 7.92. The minimum absolute atomic E-state index is 0.0605. The molecule has 2 atom stereocenters. The molecular formula is C28H37F3N4O3S2. The van der Waals surface area contributed by atoms with E-state index >= 15 is 0 Å². The molecule has 0 radical (unpaired) electrons. The molecule has 1 saturated carbocycles. The summed E-state index contributed by atoms with van der Waals surface area (Å²) in [5, 5.41) is 3.03. The van der Waals surface area contributed by atoms with Crippen LogP contribution in [0.4, 0.5) is 18.3 Å². The molecule has 2 fully saturated rings. The maximum atomic E-state index is 12.9. The first-order valence-electron chi connectivity index (χ1n) is 14.0. The Balaban J connectivity index is 1.15. The monoisotopic (exact) mass is 598 g/mol. The summed E-state index contributed by atoms with van der Waals surface area (Å²) >= 11 is 1.44. The molecule has 7 nitrogen and oxygen atoms in total. The summed E-state index contributed by atoms with van der Waals surface area (Å²) in [6.45, 7) is 7.47. The van der Waals surface area contributed by atoms with Crippen LogP contribution in [0.2, 0.25) is 0 Å². The van der Waals surface area contributed by atoms with E-state index in [2.05, 4.69) is 24.1 Å². The van der Waals surface area contributed by atoms with E-state index in [1.54, 1.807) is 31.2 Å². The van der Waals surface area contributed by atoms with Crippen LogP contribution in [-0.4, -0.2) is 66.7 Å². The maximum absolute atomic E-state index is 12.9. The first kappa shape index (κ1) is 29.5. The fourth-order valence-electron chi connectivity index (χ4n) is 6.16. The molecule has 3 aliphatic rings. The van der Waals surface area contributed by atoms with Crippen LogP contribution in [0, 0.1) is 17.8 Å². The summed E-state index contributed by atoms with van der Waals surface area (Å²) in [6, 6.07) is 6.65. The van der Waals surface area contributed by atoms with Crippen LogP contribution in [0.5, 0.6) is 0 Å². The number of nitrogens with one attached hydrogen (secondary N) is 1. The molecule has 1 amide bonds. The number of alkyl halides is 3. The van der Waals surface area contributed by atoms with Crippen LogP contribution in [0.25, 0.3) is 0 Å². The summed E-state index contributed by atoms with van der Waals surface area (Å²) in [4.78, 5) is 22.6. The second-order valence-corrected chi connectivity index (χ2v) is 15.3. The van der Waals surface area contributed by atoms with E-state index in [0.717, 1.165) is 41.9 Å². The second kappa shape index (κ2) is 11.3. The molecule has 40 heavy (non-hydrogen) atoms. The van der Waals surface area contributed by atoms with Crippen molar-refractivity contribution in [2.45, 2.75) is 75.4 Å². The quantitative estimate of drug-likeness (QED) is 0.400. The molecule has 12 heteroatoms. The summed E-state index contributed by atoms with van der Waals surface area (Å²) in [6.07, 6.45) is -1.05. The van der Waals surface area contributed by atoms with E-state index in [0.29, 0.717) is 29.7 Å². The number of amides is 1. The van der Waals surface area contributed by atoms with Crippen molar-refractivity contribution in [2.75, 3.05) is 31.5 Å². The molecule has 5 rings (SSSR count). The molecule has 3 heterocycles. The van der Waals surface area contributed by atoms with Crippen LogP contribution < -0.4 is 5.32 Å². The van der Waals surface area contributed by atoms with Gasteiger partial charge in [-0.1, -0.05) is 32.4 Å². The van der Waals surface area contributed by atoms with E-state index in [1.165, 1.54) is 16.2 Å². The van der Waals surface area contributed by atoms with Gasteiger partial charge in [-0.05, 0) is 55.2 Å². The van der Waals surface area contributed by atoms with Crippen molar-refractivity contribution >= 4 is 32.2 Å². The van der Waals surface area contributed by atoms with Gasteiger partial charge in [0.15, 0.2) is 15.0 Å². The number of hydrogen-bond donors (Lipinski definition) is 1. The molecule has 1 saturated heterocycles. The Morgan fingerprint density at radius 3 is 2.40 bits per heavy atom. The van der Waals surface area contributed by atoms with E-state index in [1.807, 2.05) is 0 Å². The lowest BCUT2D eigenvalue weighted by molar-refractivity contribution is -0.159. The van der Waals surface area contributed by atoms with Crippen molar-refractivity contribution in [1.82, 2.24) is 14.8 Å². The van der Waals surface area contributed by atoms with Crippen molar-refractivity contribution in [3.63, 3.8) is 0 Å². The van der Waals surface area contributed by atoms with Crippen LogP contribution in [0.1, 0.15) is 62.2 Å². The largest absolute Gasteiger partial charge is 0.401 e. The zero-order valence-corrected chi connectivity index (χ0v) is 24.7. The number of carbonyl (C=O) groups excluding carboxylic acids is 1. The standard InChI is InChI=1S/C28H37F3N4O3S2/c1-17(2)26-25-23(15-35(26)14-20-12-34(13-20)16-28(29,30)31)39-27(33-25)32-24(36)11-19-7-9-22(10-8-19)40(37,38)18(3)21-5-4-6-21/h7-10,17-18,20-21,26H,4-6,11-16H2,1-3H3,(H,32,33,36)/t18?,26-/m0/s1. The minimum atomic E-state index is -4.16. The molecule has 220 valence electrons. The van der Waals surface area contributed by atoms with Gasteiger partial charge in [-0.15, -0.1) is 11.3 Å². The van der Waals surface area contributed by atoms with Crippen LogP contribution in [0.3, 0.4) is 0 Å². The summed E-state index contributed by atoms with van der Waals surface area (Å²) < 4.78 is 63.7. The lowest BCUT2D eigenvalue weighted by Gasteiger charge is -2.42. The lowest BCUT2D eigenvalue weighted by Crippen LogP contribution is -2.54. The maximum Gasteiger partial charge on any atom is 0.401 e. The number of hydrogen-bond acceptors (Lipinski definition) is 7. The predicted molar refractivity (Wildman–Crippen MR) is 149 cm³/mol. The lowest BCUT2D eigenvalue weighted by atomic mass is 9.83. The fourth-order valence-corrected chi connectivity index (χ4v) is 8.93. The summed E-state index contributed by atoms with van der Waals surface area (Å²) in [7, 11) is -3.38. The Hall–Kier alpha value is -2.02. The molecular weight excluding hydrogens is 561 g/mol. The zero-order chi connectivity index (χ0) is 28.8. The van der Waals surface area contributed by atoms with E-state index in [-0.39, 0.29) is 36.1 Å². The number of likely N-dealkylation sites (tertiary alicyclic amines) is 1. The number of thiazole rings is 1. The van der Waals surface area contributed by atoms with Crippen molar-refractivity contribution in [3.8, 4) is 0 Å². The number of benzene rings is 1. The van der Waals surface area contributed by atoms with Gasteiger partial charge in [-0.25, -0.2) is 13.4 Å². The third-order valence-electron chi connectivity index (χ3n) is 8.47. The predicted octanol–water partition coefficient (Wildman–Crippen LogP) is 5.29. The fraction of sp³-hybridized carbons (Fsp3) is 0.643. The Bertz CT molecular complexity index is 1320. The number of nitrogens with zero attached hydrogens (tertiary/aromatic N) is 3. The molecule has 1 aliphatic carbocycles. The number of rotatable bonds is 10. The van der Waals surface area contributed by atoms with Gasteiger partial charge in [0.25, 0.3) is 0 Å². The molecule has 1 N–H and O–H groups in total. The van der Waals surface area contributed by atoms with Crippen molar-refractivity contribution in [1.29, 1.82) is 0 Å². The molecule has 1 aromatic carbocycles. The van der Waals surface area contributed by atoms with E-state index < -0.39 is 27.8 Å². The summed E-state index contributed by atoms with van der Waals surface area (Å²) in [5.74, 6) is 0.479. The Morgan fingerprint density at radius 1 is 1.15 bits per heavy atom. The number of sulfone groups is 1. The zero-order valence-electron chi connectivity index (χ0n) is 23.1. The molecule has 2 aliphatic heterocycles. The third kappa shape index (κ3) is 6.39. The molecule has 2 aromatic rings. The normalized spacial score (nSPS) is 21.7. The van der Waals surface area contributed by atoms with Crippen LogP contribution in [0.15, 0.2) is 29.2 Å².